The highest BCUT2D eigenvalue weighted by molar-refractivity contribution is 7.12. The van der Waals surface area contributed by atoms with Crippen molar-refractivity contribution in [2.45, 2.75) is 26.1 Å². The minimum atomic E-state index is -0.891. The topological polar surface area (TPSA) is 58.9 Å². The molecule has 2 N–H and O–H groups in total. The second-order valence-corrected chi connectivity index (χ2v) is 5.06. The van der Waals surface area contributed by atoms with Gasteiger partial charge in [-0.1, -0.05) is 0 Å². The van der Waals surface area contributed by atoms with Gasteiger partial charge in [-0.05, 0) is 13.8 Å². The third-order valence-electron chi connectivity index (χ3n) is 2.39. The van der Waals surface area contributed by atoms with Crippen molar-refractivity contribution < 1.29 is 19.7 Å². The smallest absolute Gasteiger partial charge is 0.175 e. The molecule has 1 aliphatic heterocycles. The second-order valence-electron chi connectivity index (χ2n) is 3.63. The molecular formula is C10H14O4S. The van der Waals surface area contributed by atoms with Crippen molar-refractivity contribution in [2.24, 2.45) is 0 Å². The van der Waals surface area contributed by atoms with Crippen LogP contribution in [0.2, 0.25) is 0 Å². The summed E-state index contributed by atoms with van der Waals surface area (Å²) in [5.74, 6) is 1.40. The SMILES string of the molecule is Cc1sc(C)c2c1OCC(O)C(O)CO2. The molecule has 15 heavy (non-hydrogen) atoms. The fourth-order valence-electron chi connectivity index (χ4n) is 1.54. The van der Waals surface area contributed by atoms with Gasteiger partial charge in [0.25, 0.3) is 0 Å². The number of thiophene rings is 1. The maximum atomic E-state index is 9.45. The van der Waals surface area contributed by atoms with Gasteiger partial charge < -0.3 is 19.7 Å². The maximum Gasteiger partial charge on any atom is 0.175 e. The minimum Gasteiger partial charge on any atom is -0.486 e. The summed E-state index contributed by atoms with van der Waals surface area (Å²) >= 11 is 1.59. The first kappa shape index (κ1) is 10.7. The fourth-order valence-corrected chi connectivity index (χ4v) is 2.48. The Kier molecular flexibility index (Phi) is 2.86. The number of aliphatic hydroxyl groups is 2. The number of fused-ring (bicyclic) bond motifs is 1. The van der Waals surface area contributed by atoms with E-state index in [0.29, 0.717) is 11.5 Å². The Balaban J connectivity index is 2.30. The van der Waals surface area contributed by atoms with E-state index in [-0.39, 0.29) is 13.2 Å². The fraction of sp³-hybridized carbons (Fsp3) is 0.600. The molecule has 2 rings (SSSR count). The van der Waals surface area contributed by atoms with Gasteiger partial charge in [-0.3, -0.25) is 0 Å². The van der Waals surface area contributed by atoms with Gasteiger partial charge in [-0.2, -0.15) is 0 Å². The lowest BCUT2D eigenvalue weighted by molar-refractivity contribution is -0.0373. The molecular weight excluding hydrogens is 216 g/mol. The van der Waals surface area contributed by atoms with Crippen molar-refractivity contribution in [3.8, 4) is 11.5 Å². The van der Waals surface area contributed by atoms with Crippen molar-refractivity contribution in [1.29, 1.82) is 0 Å². The van der Waals surface area contributed by atoms with Crippen LogP contribution in [0, 0.1) is 13.8 Å². The van der Waals surface area contributed by atoms with E-state index in [0.717, 1.165) is 9.75 Å². The van der Waals surface area contributed by atoms with Gasteiger partial charge in [0.05, 0.1) is 0 Å². The molecule has 84 valence electrons. The molecule has 2 unspecified atom stereocenters. The Hall–Kier alpha value is -0.780. The number of hydrogen-bond donors (Lipinski definition) is 2. The molecule has 1 aromatic heterocycles. The summed E-state index contributed by atoms with van der Waals surface area (Å²) in [5, 5.41) is 18.9. The van der Waals surface area contributed by atoms with E-state index in [1.165, 1.54) is 0 Å². The molecule has 2 heterocycles. The van der Waals surface area contributed by atoms with Gasteiger partial charge >= 0.3 is 0 Å². The van der Waals surface area contributed by atoms with Crippen molar-refractivity contribution >= 4 is 11.3 Å². The van der Waals surface area contributed by atoms with Crippen LogP contribution in [-0.2, 0) is 0 Å². The van der Waals surface area contributed by atoms with E-state index in [4.69, 9.17) is 9.47 Å². The van der Waals surface area contributed by atoms with Crippen LogP contribution < -0.4 is 9.47 Å². The minimum absolute atomic E-state index is 0.106. The molecule has 0 radical (unpaired) electrons. The zero-order valence-electron chi connectivity index (χ0n) is 8.69. The Bertz CT molecular complexity index is 328. The Morgan fingerprint density at radius 3 is 1.80 bits per heavy atom. The molecule has 5 heteroatoms. The first-order chi connectivity index (χ1) is 7.09. The summed E-state index contributed by atoms with van der Waals surface area (Å²) < 4.78 is 10.9. The van der Waals surface area contributed by atoms with Gasteiger partial charge in [-0.25, -0.2) is 0 Å². The molecule has 4 nitrogen and oxygen atoms in total. The molecule has 0 aliphatic carbocycles. The summed E-state index contributed by atoms with van der Waals surface area (Å²) in [4.78, 5) is 2.07. The summed E-state index contributed by atoms with van der Waals surface area (Å²) in [7, 11) is 0. The third-order valence-corrected chi connectivity index (χ3v) is 3.38. The molecule has 2 atom stereocenters. The van der Waals surface area contributed by atoms with Gasteiger partial charge in [0.1, 0.15) is 25.4 Å². The standard InChI is InChI=1S/C10H14O4S/c1-5-9-10(6(2)15-5)14-4-8(12)7(11)3-13-9/h7-8,11-12H,3-4H2,1-2H3. The largest absolute Gasteiger partial charge is 0.486 e. The first-order valence-corrected chi connectivity index (χ1v) is 5.63. The summed E-state index contributed by atoms with van der Waals surface area (Å²) in [6, 6.07) is 0. The molecule has 0 bridgehead atoms. The summed E-state index contributed by atoms with van der Waals surface area (Å²) in [5.41, 5.74) is 0. The molecule has 0 saturated carbocycles. The highest BCUT2D eigenvalue weighted by Crippen LogP contribution is 2.42. The van der Waals surface area contributed by atoms with E-state index in [9.17, 15) is 10.2 Å². The van der Waals surface area contributed by atoms with Crippen LogP contribution in [0.5, 0.6) is 11.5 Å². The molecule has 0 saturated heterocycles. The lowest BCUT2D eigenvalue weighted by atomic mass is 10.2. The van der Waals surface area contributed by atoms with Crippen LogP contribution in [0.25, 0.3) is 0 Å². The van der Waals surface area contributed by atoms with Gasteiger partial charge in [0, 0.05) is 9.75 Å². The second kappa shape index (κ2) is 4.00. The summed E-state index contributed by atoms with van der Waals surface area (Å²) in [6.07, 6.45) is -1.78. The van der Waals surface area contributed by atoms with Crippen LogP contribution in [0.15, 0.2) is 0 Å². The normalized spacial score (nSPS) is 25.9. The van der Waals surface area contributed by atoms with Crippen molar-refractivity contribution in [3.63, 3.8) is 0 Å². The van der Waals surface area contributed by atoms with Crippen molar-refractivity contribution in [3.05, 3.63) is 9.75 Å². The number of ether oxygens (including phenoxy) is 2. The van der Waals surface area contributed by atoms with Crippen LogP contribution >= 0.6 is 11.3 Å². The third kappa shape index (κ3) is 1.95. The Morgan fingerprint density at radius 1 is 1.00 bits per heavy atom. The van der Waals surface area contributed by atoms with Crippen LogP contribution in [0.3, 0.4) is 0 Å². The van der Waals surface area contributed by atoms with Crippen molar-refractivity contribution in [1.82, 2.24) is 0 Å². The van der Waals surface area contributed by atoms with Gasteiger partial charge in [0.2, 0.25) is 0 Å². The monoisotopic (exact) mass is 230 g/mol. The average molecular weight is 230 g/mol. The zero-order chi connectivity index (χ0) is 11.0. The Morgan fingerprint density at radius 2 is 1.40 bits per heavy atom. The number of hydrogen-bond acceptors (Lipinski definition) is 5. The van der Waals surface area contributed by atoms with E-state index in [1.807, 2.05) is 13.8 Å². The van der Waals surface area contributed by atoms with E-state index >= 15 is 0 Å². The van der Waals surface area contributed by atoms with Crippen LogP contribution in [0.1, 0.15) is 9.75 Å². The van der Waals surface area contributed by atoms with E-state index < -0.39 is 12.2 Å². The maximum absolute atomic E-state index is 9.45. The van der Waals surface area contributed by atoms with Crippen molar-refractivity contribution in [2.75, 3.05) is 13.2 Å². The molecule has 1 aromatic rings. The highest BCUT2D eigenvalue weighted by Gasteiger charge is 2.25. The lowest BCUT2D eigenvalue weighted by Crippen LogP contribution is -2.37. The average Bonchev–Trinajstić information content (AvgIpc) is 2.44. The molecule has 0 spiro atoms. The number of aryl methyl sites for hydroxylation is 2. The highest BCUT2D eigenvalue weighted by atomic mass is 32.1. The first-order valence-electron chi connectivity index (χ1n) is 4.81. The molecule has 0 amide bonds. The lowest BCUT2D eigenvalue weighted by Gasteiger charge is -2.22. The molecule has 1 aliphatic rings. The van der Waals surface area contributed by atoms with E-state index in [2.05, 4.69) is 0 Å². The molecule has 0 fully saturated rings. The number of rotatable bonds is 0. The quantitative estimate of drug-likeness (QED) is 0.694. The van der Waals surface area contributed by atoms with Crippen LogP contribution in [0.4, 0.5) is 0 Å². The van der Waals surface area contributed by atoms with Gasteiger partial charge in [-0.15, -0.1) is 11.3 Å². The summed E-state index contributed by atoms with van der Waals surface area (Å²) in [6.45, 7) is 4.11. The number of aliphatic hydroxyl groups excluding tert-OH is 2. The Labute approximate surface area is 92.1 Å². The van der Waals surface area contributed by atoms with Crippen LogP contribution in [-0.4, -0.2) is 35.6 Å². The predicted octanol–water partition coefficient (Wildman–Crippen LogP) is 0.858. The van der Waals surface area contributed by atoms with Gasteiger partial charge in [0.15, 0.2) is 11.5 Å². The zero-order valence-corrected chi connectivity index (χ0v) is 9.50. The predicted molar refractivity (Wildman–Crippen MR) is 56.8 cm³/mol. The molecule has 0 aromatic carbocycles. The van der Waals surface area contributed by atoms with E-state index in [1.54, 1.807) is 11.3 Å².